The van der Waals surface area contributed by atoms with Crippen molar-refractivity contribution in [1.29, 1.82) is 0 Å². The molecule has 6 heavy (non-hydrogen) atoms. The second-order valence-electron chi connectivity index (χ2n) is 0.272. The summed E-state index contributed by atoms with van der Waals surface area (Å²) < 4.78 is 0. The number of carbonyl (C=O) groups excluding carboxylic acids is 2. The van der Waals surface area contributed by atoms with Crippen molar-refractivity contribution in [3.05, 3.63) is 0 Å². The van der Waals surface area contributed by atoms with E-state index in [0.717, 1.165) is 0 Å². The van der Waals surface area contributed by atoms with Crippen LogP contribution >= 0.6 is 0 Å². The monoisotopic (exact) mass is 74.1 g/mol. The van der Waals surface area contributed by atoms with E-state index < -0.39 is 0 Å². The molecule has 0 amide bonds. The van der Waals surface area contributed by atoms with Crippen LogP contribution in [0.2, 0.25) is 0 Å². The minimum atomic E-state index is 0. The Hall–Kier alpha value is 0.535. The largest absolute Gasteiger partial charge is 1.00 e. The van der Waals surface area contributed by atoms with Gasteiger partial charge in [-0.05, 0) is 0 Å². The Bertz CT molecular complexity index is 37.0. The first-order chi connectivity index (χ1) is 1.91. The molecular formula is C2H4Li2O2. The summed E-state index contributed by atoms with van der Waals surface area (Å²) in [6.07, 6.45) is 0.389. The molecule has 0 radical (unpaired) electrons. The van der Waals surface area contributed by atoms with Crippen molar-refractivity contribution in [2.75, 3.05) is 0 Å². The van der Waals surface area contributed by atoms with E-state index in [1.807, 2.05) is 0 Å². The molecule has 0 aromatic heterocycles. The first-order valence-electron chi connectivity index (χ1n) is 0.805. The van der Waals surface area contributed by atoms with Gasteiger partial charge >= 0.3 is 37.7 Å². The summed E-state index contributed by atoms with van der Waals surface area (Å²) in [5, 5.41) is 0. The molecule has 0 spiro atoms. The van der Waals surface area contributed by atoms with Gasteiger partial charge in [-0.2, -0.15) is 0 Å². The van der Waals surface area contributed by atoms with E-state index >= 15 is 0 Å². The molecule has 0 unspecified atom stereocenters. The molecule has 0 rings (SSSR count). The summed E-state index contributed by atoms with van der Waals surface area (Å²) in [6, 6.07) is 0. The third kappa shape index (κ3) is 24.1. The Morgan fingerprint density at radius 3 is 1.17 bits per heavy atom. The Labute approximate surface area is 63.0 Å². The predicted octanol–water partition coefficient (Wildman–Crippen LogP) is -6.38. The van der Waals surface area contributed by atoms with Crippen molar-refractivity contribution in [2.24, 2.45) is 0 Å². The maximum absolute atomic E-state index is 8.81. The predicted molar refractivity (Wildman–Crippen MR) is 14.4 cm³/mol. The Morgan fingerprint density at radius 2 is 1.17 bits per heavy atom. The van der Waals surface area contributed by atoms with Crippen molar-refractivity contribution < 1.29 is 50.2 Å². The molecule has 0 aromatic rings. The van der Waals surface area contributed by atoms with Gasteiger partial charge < -0.3 is 2.85 Å². The van der Waals surface area contributed by atoms with E-state index in [1.54, 1.807) is 0 Å². The van der Waals surface area contributed by atoms with Crippen LogP contribution in [0.15, 0.2) is 0 Å². The Kier molecular flexibility index (Phi) is 47.3. The molecule has 4 heteroatoms. The number of carbonyl (C=O) groups is 2. The molecule has 0 atom stereocenters. The SMILES string of the molecule is O=CC=O.[H-].[H-].[Li+].[Li+]. The van der Waals surface area contributed by atoms with Crippen LogP contribution in [0.5, 0.6) is 0 Å². The zero-order chi connectivity index (χ0) is 3.41. The molecule has 0 aliphatic rings. The molecule has 0 aliphatic heterocycles. The first kappa shape index (κ1) is 16.0. The van der Waals surface area contributed by atoms with Crippen LogP contribution in [0.3, 0.4) is 0 Å². The molecule has 0 aromatic carbocycles. The van der Waals surface area contributed by atoms with Crippen LogP contribution in [-0.2, 0) is 9.59 Å². The molecule has 2 nitrogen and oxygen atoms in total. The van der Waals surface area contributed by atoms with E-state index in [4.69, 9.17) is 9.59 Å². The molecule has 26 valence electrons. The molecule has 0 saturated heterocycles. The number of aldehydes is 2. The van der Waals surface area contributed by atoms with Crippen molar-refractivity contribution >= 4 is 12.6 Å². The summed E-state index contributed by atoms with van der Waals surface area (Å²) in [4.78, 5) is 17.6. The van der Waals surface area contributed by atoms with Gasteiger partial charge in [-0.3, -0.25) is 9.59 Å². The smallest absolute Gasteiger partial charge is 1.00 e. The van der Waals surface area contributed by atoms with Gasteiger partial charge in [0.15, 0.2) is 12.6 Å². The van der Waals surface area contributed by atoms with Gasteiger partial charge in [0.25, 0.3) is 0 Å². The van der Waals surface area contributed by atoms with Gasteiger partial charge in [0.1, 0.15) is 0 Å². The molecule has 0 aliphatic carbocycles. The van der Waals surface area contributed by atoms with Crippen molar-refractivity contribution in [2.45, 2.75) is 0 Å². The average molecular weight is 73.9 g/mol. The van der Waals surface area contributed by atoms with Crippen molar-refractivity contribution in [3.63, 3.8) is 0 Å². The quantitative estimate of drug-likeness (QED) is 0.176. The zero-order valence-corrected chi connectivity index (χ0v) is 3.97. The summed E-state index contributed by atoms with van der Waals surface area (Å²) in [5.74, 6) is 0. The fourth-order valence-electron chi connectivity index (χ4n) is 0. The van der Waals surface area contributed by atoms with E-state index in [-0.39, 0.29) is 53.1 Å². The molecule has 0 fully saturated rings. The minimum absolute atomic E-state index is 0. The zero-order valence-electron chi connectivity index (χ0n) is 5.97. The van der Waals surface area contributed by atoms with Crippen LogP contribution < -0.4 is 37.7 Å². The van der Waals surface area contributed by atoms with E-state index in [2.05, 4.69) is 0 Å². The number of hydrogen-bond donors (Lipinski definition) is 0. The van der Waals surface area contributed by atoms with Crippen molar-refractivity contribution in [3.8, 4) is 0 Å². The maximum atomic E-state index is 8.81. The minimum Gasteiger partial charge on any atom is -1.00 e. The molecule has 0 heterocycles. The van der Waals surface area contributed by atoms with E-state index in [0.29, 0.717) is 0 Å². The average Bonchev–Trinajstić information content (AvgIpc) is 1.37. The van der Waals surface area contributed by atoms with Crippen LogP contribution in [0, 0.1) is 0 Å². The molecule has 0 saturated carbocycles. The second kappa shape index (κ2) is 17.7. The Morgan fingerprint density at radius 1 is 1.00 bits per heavy atom. The summed E-state index contributed by atoms with van der Waals surface area (Å²) >= 11 is 0. The fraction of sp³-hybridized carbons (Fsp3) is 0. The maximum Gasteiger partial charge on any atom is 1.00 e. The first-order valence-corrected chi connectivity index (χ1v) is 0.805. The Balaban J connectivity index is -0.00000000750. The normalized spacial score (nSPS) is 3.33. The van der Waals surface area contributed by atoms with Crippen LogP contribution in [0.1, 0.15) is 2.85 Å². The molecule has 0 N–H and O–H groups in total. The van der Waals surface area contributed by atoms with Gasteiger partial charge in [0.2, 0.25) is 0 Å². The van der Waals surface area contributed by atoms with Gasteiger partial charge in [-0.15, -0.1) is 0 Å². The van der Waals surface area contributed by atoms with E-state index in [1.165, 1.54) is 0 Å². The van der Waals surface area contributed by atoms with Crippen molar-refractivity contribution in [1.82, 2.24) is 0 Å². The third-order valence-corrected chi connectivity index (χ3v) is 0.0556. The third-order valence-electron chi connectivity index (χ3n) is 0.0556. The molecular weight excluding hydrogens is 69.9 g/mol. The van der Waals surface area contributed by atoms with Crippen LogP contribution in [0.25, 0.3) is 0 Å². The van der Waals surface area contributed by atoms with Crippen LogP contribution in [-0.4, -0.2) is 12.6 Å². The number of hydrogen-bond acceptors (Lipinski definition) is 2. The second-order valence-corrected chi connectivity index (χ2v) is 0.272. The number of rotatable bonds is 1. The summed E-state index contributed by atoms with van der Waals surface area (Å²) in [6.45, 7) is 0. The fourth-order valence-corrected chi connectivity index (χ4v) is 0. The topological polar surface area (TPSA) is 34.1 Å². The van der Waals surface area contributed by atoms with Gasteiger partial charge in [-0.1, -0.05) is 0 Å². The van der Waals surface area contributed by atoms with Gasteiger partial charge in [0.05, 0.1) is 0 Å². The van der Waals surface area contributed by atoms with Gasteiger partial charge in [-0.25, -0.2) is 0 Å². The molecule has 0 bridgehead atoms. The van der Waals surface area contributed by atoms with Crippen LogP contribution in [0.4, 0.5) is 0 Å². The summed E-state index contributed by atoms with van der Waals surface area (Å²) in [7, 11) is 0. The standard InChI is InChI=1S/C2H2O2.2Li.2H/c3-1-2-4;;;;/h1-2H;;;;/q;2*+1;2*-1. The summed E-state index contributed by atoms with van der Waals surface area (Å²) in [5.41, 5.74) is 0. The van der Waals surface area contributed by atoms with Gasteiger partial charge in [0, 0.05) is 0 Å². The van der Waals surface area contributed by atoms with E-state index in [9.17, 15) is 0 Å².